The summed E-state index contributed by atoms with van der Waals surface area (Å²) >= 11 is 0. The van der Waals surface area contributed by atoms with Gasteiger partial charge >= 0.3 is 15.2 Å². The van der Waals surface area contributed by atoms with Gasteiger partial charge in [0.15, 0.2) is 0 Å². The molecular weight excluding hydrogens is 190 g/mol. The van der Waals surface area contributed by atoms with Crippen molar-refractivity contribution in [2.24, 2.45) is 0 Å². The van der Waals surface area contributed by atoms with E-state index in [1.807, 2.05) is 0 Å². The third-order valence-electron chi connectivity index (χ3n) is 1.05. The van der Waals surface area contributed by atoms with E-state index >= 15 is 0 Å². The van der Waals surface area contributed by atoms with Crippen molar-refractivity contribution in [3.05, 3.63) is 0 Å². The lowest BCUT2D eigenvalue weighted by molar-refractivity contribution is 0.334. The van der Waals surface area contributed by atoms with Crippen molar-refractivity contribution in [1.82, 2.24) is 0 Å². The van der Waals surface area contributed by atoms with E-state index in [9.17, 15) is 9.13 Å². The molecule has 0 saturated carbocycles. The van der Waals surface area contributed by atoms with Gasteiger partial charge in [-0.3, -0.25) is 9.13 Å². The van der Waals surface area contributed by atoms with Crippen LogP contribution in [-0.4, -0.2) is 22.1 Å². The highest BCUT2D eigenvalue weighted by Crippen LogP contribution is 2.58. The lowest BCUT2D eigenvalue weighted by Crippen LogP contribution is -1.92. The molecular formula is C4H12O5P2. The average Bonchev–Trinajstić information content (AvgIpc) is 1.86. The van der Waals surface area contributed by atoms with Crippen LogP contribution in [0.1, 0.15) is 13.8 Å². The van der Waals surface area contributed by atoms with Crippen LogP contribution in [0.3, 0.4) is 0 Å². The molecule has 0 heterocycles. The maximum absolute atomic E-state index is 10.8. The fourth-order valence-corrected chi connectivity index (χ4v) is 2.83. The monoisotopic (exact) mass is 202 g/mol. The van der Waals surface area contributed by atoms with E-state index in [0.717, 1.165) is 0 Å². The zero-order chi connectivity index (χ0) is 9.12. The van der Waals surface area contributed by atoms with E-state index < -0.39 is 15.2 Å². The molecule has 0 bridgehead atoms. The summed E-state index contributed by atoms with van der Waals surface area (Å²) in [6.07, 6.45) is -0.310. The molecule has 0 aliphatic carbocycles. The van der Waals surface area contributed by atoms with Crippen molar-refractivity contribution in [3.63, 3.8) is 0 Å². The molecule has 5 nitrogen and oxygen atoms in total. The van der Waals surface area contributed by atoms with Crippen molar-refractivity contribution in [2.75, 3.05) is 12.3 Å². The van der Waals surface area contributed by atoms with Crippen LogP contribution in [0, 0.1) is 0 Å². The van der Waals surface area contributed by atoms with Gasteiger partial charge in [0.2, 0.25) is 0 Å². The second-order valence-corrected chi connectivity index (χ2v) is 6.46. The minimum atomic E-state index is -3.82. The number of rotatable bonds is 4. The van der Waals surface area contributed by atoms with E-state index in [0.29, 0.717) is 0 Å². The molecule has 68 valence electrons. The van der Waals surface area contributed by atoms with Crippen LogP contribution in [-0.2, 0) is 13.4 Å². The quantitative estimate of drug-likeness (QED) is 0.673. The molecule has 0 radical (unpaired) electrons. The molecule has 0 aromatic heterocycles. The highest BCUT2D eigenvalue weighted by Gasteiger charge is 2.28. The minimum absolute atomic E-state index is 0.155. The predicted octanol–water partition coefficient (Wildman–Crippen LogP) is 1.41. The highest BCUT2D eigenvalue weighted by atomic mass is 31.3. The Morgan fingerprint density at radius 1 is 1.09 bits per heavy atom. The van der Waals surface area contributed by atoms with Crippen LogP contribution in [0.25, 0.3) is 0 Å². The summed E-state index contributed by atoms with van der Waals surface area (Å²) in [6, 6.07) is 0. The molecule has 0 rings (SSSR count). The first kappa shape index (κ1) is 11.3. The largest absolute Gasteiger partial charge is 0.334 e. The van der Waals surface area contributed by atoms with Crippen LogP contribution in [0.15, 0.2) is 0 Å². The molecule has 0 fully saturated rings. The van der Waals surface area contributed by atoms with Gasteiger partial charge in [0.05, 0.1) is 0 Å². The number of hydrogen-bond donors (Lipinski definition) is 2. The molecule has 0 aromatic carbocycles. The van der Waals surface area contributed by atoms with Gasteiger partial charge in [0.1, 0.15) is 0 Å². The maximum Gasteiger partial charge on any atom is 0.334 e. The van der Waals surface area contributed by atoms with Crippen LogP contribution in [0.5, 0.6) is 0 Å². The molecule has 0 spiro atoms. The molecule has 2 atom stereocenters. The lowest BCUT2D eigenvalue weighted by atomic mass is 11.0. The maximum atomic E-state index is 10.8. The predicted molar refractivity (Wildman–Crippen MR) is 41.8 cm³/mol. The average molecular weight is 202 g/mol. The molecule has 2 N–H and O–H groups in total. The minimum Gasteiger partial charge on any atom is -0.324 e. The first-order valence-electron chi connectivity index (χ1n) is 3.18. The van der Waals surface area contributed by atoms with E-state index in [2.05, 4.69) is 4.31 Å². The van der Waals surface area contributed by atoms with Gasteiger partial charge in [-0.2, -0.15) is 0 Å². The van der Waals surface area contributed by atoms with Crippen molar-refractivity contribution in [2.45, 2.75) is 13.8 Å². The lowest BCUT2D eigenvalue weighted by Gasteiger charge is -2.13. The SMILES string of the molecule is CCP(=O)(O)OP(=O)(O)CC. The molecule has 7 heteroatoms. The summed E-state index contributed by atoms with van der Waals surface area (Å²) in [5.74, 6) is 0. The third-order valence-corrected chi connectivity index (χ3v) is 4.69. The van der Waals surface area contributed by atoms with Gasteiger partial charge in [0, 0.05) is 12.3 Å². The zero-order valence-electron chi connectivity index (χ0n) is 6.43. The van der Waals surface area contributed by atoms with Gasteiger partial charge in [-0.1, -0.05) is 13.8 Å². The van der Waals surface area contributed by atoms with Crippen molar-refractivity contribution >= 4 is 15.2 Å². The summed E-state index contributed by atoms with van der Waals surface area (Å²) < 4.78 is 25.7. The topological polar surface area (TPSA) is 83.8 Å². The molecule has 11 heavy (non-hydrogen) atoms. The summed E-state index contributed by atoms with van der Waals surface area (Å²) in [5, 5.41) is 0. The van der Waals surface area contributed by atoms with Gasteiger partial charge < -0.3 is 9.79 Å². The van der Waals surface area contributed by atoms with Crippen molar-refractivity contribution in [1.29, 1.82) is 0 Å². The van der Waals surface area contributed by atoms with Gasteiger partial charge in [0.25, 0.3) is 0 Å². The Hall–Kier alpha value is 0.340. The van der Waals surface area contributed by atoms with E-state index in [1.165, 1.54) is 13.8 Å². The Balaban J connectivity index is 4.26. The standard InChI is InChI=1S/C4H12O5P2/c1-3-10(5,6)9-11(7,8)4-2/h3-4H2,1-2H3,(H,5,6)(H,7,8). The zero-order valence-corrected chi connectivity index (χ0v) is 8.22. The van der Waals surface area contributed by atoms with Gasteiger partial charge in [-0.25, -0.2) is 4.31 Å². The van der Waals surface area contributed by atoms with E-state index in [4.69, 9.17) is 9.79 Å². The first-order chi connectivity index (χ1) is 4.83. The summed E-state index contributed by atoms with van der Waals surface area (Å²) in [7, 11) is -7.65. The second kappa shape index (κ2) is 3.83. The smallest absolute Gasteiger partial charge is 0.324 e. The van der Waals surface area contributed by atoms with Crippen LogP contribution < -0.4 is 0 Å². The Morgan fingerprint density at radius 2 is 1.36 bits per heavy atom. The first-order valence-corrected chi connectivity index (χ1v) is 6.70. The molecule has 0 aliphatic rings. The molecule has 0 saturated heterocycles. The molecule has 0 aromatic rings. The summed E-state index contributed by atoms with van der Waals surface area (Å²) in [6.45, 7) is 2.83. The third kappa shape index (κ3) is 4.72. The Bertz CT molecular complexity index is 191. The Morgan fingerprint density at radius 3 is 1.55 bits per heavy atom. The van der Waals surface area contributed by atoms with Crippen LogP contribution >= 0.6 is 15.2 Å². The normalized spacial score (nSPS) is 22.2. The second-order valence-electron chi connectivity index (χ2n) is 1.99. The highest BCUT2D eigenvalue weighted by molar-refractivity contribution is 7.66. The van der Waals surface area contributed by atoms with Crippen LogP contribution in [0.4, 0.5) is 0 Å². The van der Waals surface area contributed by atoms with E-state index in [1.54, 1.807) is 0 Å². The summed E-state index contributed by atoms with van der Waals surface area (Å²) in [4.78, 5) is 17.6. The van der Waals surface area contributed by atoms with Gasteiger partial charge in [-0.05, 0) is 0 Å². The Labute approximate surface area is 65.5 Å². The number of hydrogen-bond acceptors (Lipinski definition) is 3. The molecule has 0 amide bonds. The van der Waals surface area contributed by atoms with Crippen LogP contribution in [0.2, 0.25) is 0 Å². The molecule has 0 aliphatic heterocycles. The Kier molecular flexibility index (Phi) is 3.95. The van der Waals surface area contributed by atoms with Crippen molar-refractivity contribution in [3.8, 4) is 0 Å². The van der Waals surface area contributed by atoms with E-state index in [-0.39, 0.29) is 12.3 Å². The molecule has 2 unspecified atom stereocenters. The fourth-order valence-electron chi connectivity index (χ4n) is 0.315. The summed E-state index contributed by atoms with van der Waals surface area (Å²) in [5.41, 5.74) is 0. The fraction of sp³-hybridized carbons (Fsp3) is 1.00. The van der Waals surface area contributed by atoms with Crippen molar-refractivity contribution < 1.29 is 23.2 Å². The van der Waals surface area contributed by atoms with Gasteiger partial charge in [-0.15, -0.1) is 0 Å².